The van der Waals surface area contributed by atoms with Crippen molar-refractivity contribution in [3.63, 3.8) is 0 Å². The molecule has 0 spiro atoms. The number of hydrogen-bond donors (Lipinski definition) is 0. The average Bonchev–Trinajstić information content (AvgIpc) is 2.19. The van der Waals surface area contributed by atoms with Crippen LogP contribution in [0, 0.1) is 11.3 Å². The van der Waals surface area contributed by atoms with E-state index in [1.54, 1.807) is 24.3 Å². The zero-order valence-electron chi connectivity index (χ0n) is 7.56. The normalized spacial score (nSPS) is 9.07. The zero-order chi connectivity index (χ0) is 10.4. The molecule has 0 aliphatic rings. The van der Waals surface area contributed by atoms with Gasteiger partial charge in [0, 0.05) is 6.42 Å². The molecule has 0 radical (unpaired) electrons. The van der Waals surface area contributed by atoms with Crippen LogP contribution >= 0.6 is 0 Å². The van der Waals surface area contributed by atoms with E-state index in [2.05, 4.69) is 0 Å². The summed E-state index contributed by atoms with van der Waals surface area (Å²) in [5.74, 6) is -0.107. The molecule has 0 N–H and O–H groups in total. The number of benzene rings is 1. The van der Waals surface area contributed by atoms with Gasteiger partial charge in [-0.3, -0.25) is 4.79 Å². The van der Waals surface area contributed by atoms with Gasteiger partial charge in [-0.25, -0.2) is 0 Å². The van der Waals surface area contributed by atoms with E-state index in [0.717, 1.165) is 5.56 Å². The van der Waals surface area contributed by atoms with Gasteiger partial charge in [-0.1, -0.05) is 12.1 Å². The fourth-order valence-corrected chi connectivity index (χ4v) is 1.09. The minimum absolute atomic E-state index is 0.0417. The van der Waals surface area contributed by atoms with E-state index in [1.807, 2.05) is 6.07 Å². The lowest BCUT2D eigenvalue weighted by Crippen LogP contribution is -2.02. The third kappa shape index (κ3) is 2.83. The Hall–Kier alpha value is -1.95. The molecule has 0 atom stereocenters. The molecule has 0 saturated carbocycles. The molecule has 14 heavy (non-hydrogen) atoms. The molecular formula is C11H9NO2. The molecule has 1 rings (SSSR count). The van der Waals surface area contributed by atoms with Gasteiger partial charge in [0.2, 0.25) is 0 Å². The lowest BCUT2D eigenvalue weighted by Gasteiger charge is -1.97. The molecule has 0 bridgehead atoms. The molecule has 0 aliphatic carbocycles. The summed E-state index contributed by atoms with van der Waals surface area (Å²) in [5, 5.41) is 8.53. The van der Waals surface area contributed by atoms with Crippen molar-refractivity contribution in [1.29, 1.82) is 5.26 Å². The van der Waals surface area contributed by atoms with Crippen molar-refractivity contribution < 1.29 is 9.59 Å². The summed E-state index contributed by atoms with van der Waals surface area (Å²) in [7, 11) is 0. The van der Waals surface area contributed by atoms with Crippen molar-refractivity contribution in [3.05, 3.63) is 35.4 Å². The van der Waals surface area contributed by atoms with Crippen LogP contribution in [0.25, 0.3) is 0 Å². The van der Waals surface area contributed by atoms with Crippen LogP contribution in [0.3, 0.4) is 0 Å². The minimum atomic E-state index is -0.107. The molecule has 70 valence electrons. The summed E-state index contributed by atoms with van der Waals surface area (Å²) in [6.07, 6.45) is 0.816. The summed E-state index contributed by atoms with van der Waals surface area (Å²) in [4.78, 5) is 21.1. The topological polar surface area (TPSA) is 57.9 Å². The van der Waals surface area contributed by atoms with Crippen molar-refractivity contribution in [1.82, 2.24) is 0 Å². The summed E-state index contributed by atoms with van der Waals surface area (Å²) in [6, 6.07) is 8.75. The molecule has 1 aromatic rings. The number of carbonyl (C=O) groups is 2. The van der Waals surface area contributed by atoms with Crippen LogP contribution in [0.15, 0.2) is 24.3 Å². The highest BCUT2D eigenvalue weighted by atomic mass is 16.1. The summed E-state index contributed by atoms with van der Waals surface area (Å²) in [5.41, 5.74) is 1.40. The van der Waals surface area contributed by atoms with E-state index in [4.69, 9.17) is 5.26 Å². The van der Waals surface area contributed by atoms with E-state index in [0.29, 0.717) is 11.8 Å². The summed E-state index contributed by atoms with van der Waals surface area (Å²) in [6.45, 7) is 0. The molecule has 0 fully saturated rings. The number of nitrogens with zero attached hydrogens (tertiary/aromatic N) is 1. The van der Waals surface area contributed by atoms with Crippen molar-refractivity contribution in [3.8, 4) is 6.07 Å². The van der Waals surface area contributed by atoms with Crippen LogP contribution in [0.4, 0.5) is 0 Å². The Morgan fingerprint density at radius 2 is 2.00 bits per heavy atom. The molecule has 0 heterocycles. The first kappa shape index (κ1) is 10.1. The van der Waals surface area contributed by atoms with Gasteiger partial charge >= 0.3 is 0 Å². The zero-order valence-corrected chi connectivity index (χ0v) is 7.56. The van der Waals surface area contributed by atoms with Gasteiger partial charge < -0.3 is 4.79 Å². The molecule has 3 nitrogen and oxygen atoms in total. The fraction of sp³-hybridized carbons (Fsp3) is 0.182. The molecule has 0 saturated heterocycles. The number of hydrogen-bond acceptors (Lipinski definition) is 3. The Balaban J connectivity index is 2.65. The Bertz CT molecular complexity index is 373. The second kappa shape index (κ2) is 4.93. The first-order valence-electron chi connectivity index (χ1n) is 4.20. The predicted octanol–water partition coefficient (Wildman–Crippen LogP) is 1.26. The maximum Gasteiger partial charge on any atom is 0.144 e. The first-order valence-corrected chi connectivity index (χ1v) is 4.20. The van der Waals surface area contributed by atoms with Crippen LogP contribution < -0.4 is 0 Å². The van der Waals surface area contributed by atoms with E-state index in [1.165, 1.54) is 0 Å². The number of ketones is 1. The number of Topliss-reactive ketones (excluding diaryl/α,β-unsaturated/α-hetero) is 1. The molecule has 0 aromatic heterocycles. The van der Waals surface area contributed by atoms with E-state index >= 15 is 0 Å². The number of carbonyl (C=O) groups excluding carboxylic acids is 2. The predicted molar refractivity (Wildman–Crippen MR) is 50.5 cm³/mol. The quantitative estimate of drug-likeness (QED) is 0.526. The van der Waals surface area contributed by atoms with E-state index in [9.17, 15) is 9.59 Å². The van der Waals surface area contributed by atoms with Crippen LogP contribution in [-0.2, 0) is 16.0 Å². The SMILES string of the molecule is N#Cc1ccc(CC(=O)CC=O)cc1. The van der Waals surface area contributed by atoms with Crippen molar-refractivity contribution in [2.75, 3.05) is 0 Å². The standard InChI is InChI=1S/C11H9NO2/c12-8-10-3-1-9(2-4-10)7-11(14)5-6-13/h1-4,6H,5,7H2. The van der Waals surface area contributed by atoms with Gasteiger partial charge in [-0.2, -0.15) is 5.26 Å². The third-order valence-electron chi connectivity index (χ3n) is 1.80. The van der Waals surface area contributed by atoms with E-state index < -0.39 is 0 Å². The lowest BCUT2D eigenvalue weighted by atomic mass is 10.1. The Kier molecular flexibility index (Phi) is 3.57. The maximum atomic E-state index is 11.1. The van der Waals surface area contributed by atoms with Gasteiger partial charge in [-0.15, -0.1) is 0 Å². The molecule has 0 aliphatic heterocycles. The van der Waals surface area contributed by atoms with Crippen molar-refractivity contribution >= 4 is 12.1 Å². The number of rotatable bonds is 4. The average molecular weight is 187 g/mol. The fourth-order valence-electron chi connectivity index (χ4n) is 1.09. The minimum Gasteiger partial charge on any atom is -0.303 e. The molecule has 0 amide bonds. The Labute approximate surface area is 82.0 Å². The molecule has 1 aromatic carbocycles. The molecule has 0 unspecified atom stereocenters. The highest BCUT2D eigenvalue weighted by Gasteiger charge is 2.02. The summed E-state index contributed by atoms with van der Waals surface area (Å²) < 4.78 is 0. The van der Waals surface area contributed by atoms with Gasteiger partial charge in [0.25, 0.3) is 0 Å². The van der Waals surface area contributed by atoms with Gasteiger partial charge in [0.05, 0.1) is 18.1 Å². The smallest absolute Gasteiger partial charge is 0.144 e. The first-order chi connectivity index (χ1) is 6.76. The third-order valence-corrected chi connectivity index (χ3v) is 1.80. The molecular weight excluding hydrogens is 178 g/mol. The lowest BCUT2D eigenvalue weighted by molar-refractivity contribution is -0.121. The Morgan fingerprint density at radius 3 is 2.50 bits per heavy atom. The van der Waals surface area contributed by atoms with Crippen LogP contribution in [0.1, 0.15) is 17.5 Å². The largest absolute Gasteiger partial charge is 0.303 e. The summed E-state index contributed by atoms with van der Waals surface area (Å²) >= 11 is 0. The number of aldehydes is 1. The second-order valence-corrected chi connectivity index (χ2v) is 2.89. The monoisotopic (exact) mass is 187 g/mol. The highest BCUT2D eigenvalue weighted by Crippen LogP contribution is 2.04. The Morgan fingerprint density at radius 1 is 1.36 bits per heavy atom. The van der Waals surface area contributed by atoms with E-state index in [-0.39, 0.29) is 18.6 Å². The highest BCUT2D eigenvalue weighted by molar-refractivity contribution is 5.91. The number of nitriles is 1. The van der Waals surface area contributed by atoms with Crippen molar-refractivity contribution in [2.45, 2.75) is 12.8 Å². The van der Waals surface area contributed by atoms with Crippen molar-refractivity contribution in [2.24, 2.45) is 0 Å². The van der Waals surface area contributed by atoms with Gasteiger partial charge in [0.1, 0.15) is 12.1 Å². The second-order valence-electron chi connectivity index (χ2n) is 2.89. The van der Waals surface area contributed by atoms with Crippen LogP contribution in [0.5, 0.6) is 0 Å². The maximum absolute atomic E-state index is 11.1. The van der Waals surface area contributed by atoms with Crippen LogP contribution in [0.2, 0.25) is 0 Å². The molecule has 3 heteroatoms. The van der Waals surface area contributed by atoms with Gasteiger partial charge in [0.15, 0.2) is 0 Å². The van der Waals surface area contributed by atoms with Crippen LogP contribution in [-0.4, -0.2) is 12.1 Å². The van der Waals surface area contributed by atoms with Gasteiger partial charge in [-0.05, 0) is 17.7 Å².